The van der Waals surface area contributed by atoms with Gasteiger partial charge in [0.2, 0.25) is 0 Å². The first-order valence-electron chi connectivity index (χ1n) is 6.00. The molecule has 0 bridgehead atoms. The summed E-state index contributed by atoms with van der Waals surface area (Å²) in [5.74, 6) is -2.25. The summed E-state index contributed by atoms with van der Waals surface area (Å²) in [5.41, 5.74) is -0.427. The van der Waals surface area contributed by atoms with Crippen molar-refractivity contribution in [2.24, 2.45) is 0 Å². The smallest absolute Gasteiger partial charge is 0.426 e. The number of halogens is 4. The number of hydrogen-bond acceptors (Lipinski definition) is 2. The highest BCUT2D eigenvalue weighted by Crippen LogP contribution is 2.34. The molecular formula is C15H12F4OS. The largest absolute Gasteiger partial charge is 0.426 e. The molecule has 0 aliphatic heterocycles. The third kappa shape index (κ3) is 3.50. The minimum atomic E-state index is -3.82. The van der Waals surface area contributed by atoms with E-state index < -0.39 is 29.1 Å². The van der Waals surface area contributed by atoms with E-state index in [1.54, 1.807) is 6.26 Å². The van der Waals surface area contributed by atoms with Crippen molar-refractivity contribution in [3.05, 3.63) is 59.2 Å². The van der Waals surface area contributed by atoms with Gasteiger partial charge < -0.3 is 4.74 Å². The molecule has 0 saturated heterocycles. The fourth-order valence-electron chi connectivity index (χ4n) is 1.66. The van der Waals surface area contributed by atoms with Crippen molar-refractivity contribution >= 4 is 11.8 Å². The van der Waals surface area contributed by atoms with Crippen LogP contribution in [0.4, 0.5) is 17.6 Å². The third-order valence-electron chi connectivity index (χ3n) is 2.89. The molecule has 0 amide bonds. The molecular weight excluding hydrogens is 304 g/mol. The van der Waals surface area contributed by atoms with Gasteiger partial charge in [0, 0.05) is 4.90 Å². The Balaban J connectivity index is 2.30. The van der Waals surface area contributed by atoms with Gasteiger partial charge in [0.05, 0.1) is 5.56 Å². The normalized spacial score (nSPS) is 11.5. The first-order valence-corrected chi connectivity index (χ1v) is 7.23. The van der Waals surface area contributed by atoms with E-state index in [2.05, 4.69) is 4.74 Å². The Kier molecular flexibility index (Phi) is 4.46. The molecule has 0 aliphatic carbocycles. The monoisotopic (exact) mass is 316 g/mol. The van der Waals surface area contributed by atoms with E-state index in [1.807, 2.05) is 0 Å². The SMILES string of the molecule is CSc1ccc(OC(F)(F)c2ccc(C)c(F)c2)c(F)c1. The van der Waals surface area contributed by atoms with Crippen LogP contribution >= 0.6 is 11.8 Å². The quantitative estimate of drug-likeness (QED) is 0.572. The molecule has 0 heterocycles. The summed E-state index contributed by atoms with van der Waals surface area (Å²) in [4.78, 5) is 0.588. The van der Waals surface area contributed by atoms with Gasteiger partial charge in [0.1, 0.15) is 5.82 Å². The predicted molar refractivity (Wildman–Crippen MR) is 73.8 cm³/mol. The standard InChI is InChI=1S/C15H12F4OS/c1-9-3-4-10(7-12(9)16)15(18,19)20-14-6-5-11(21-2)8-13(14)17/h3-8H,1-2H3. The summed E-state index contributed by atoms with van der Waals surface area (Å²) in [7, 11) is 0. The Hall–Kier alpha value is -1.69. The Labute approximate surface area is 123 Å². The van der Waals surface area contributed by atoms with Crippen LogP contribution in [0.1, 0.15) is 11.1 Å². The van der Waals surface area contributed by atoms with E-state index in [0.717, 1.165) is 18.2 Å². The van der Waals surface area contributed by atoms with E-state index in [0.29, 0.717) is 11.0 Å². The maximum Gasteiger partial charge on any atom is 0.426 e. The molecule has 21 heavy (non-hydrogen) atoms. The molecule has 0 radical (unpaired) electrons. The molecule has 0 aliphatic rings. The molecule has 0 spiro atoms. The van der Waals surface area contributed by atoms with Crippen LogP contribution in [0.5, 0.6) is 5.75 Å². The molecule has 0 aromatic heterocycles. The predicted octanol–water partition coefficient (Wildman–Crippen LogP) is 5.12. The van der Waals surface area contributed by atoms with E-state index >= 15 is 0 Å². The van der Waals surface area contributed by atoms with Gasteiger partial charge >= 0.3 is 6.11 Å². The van der Waals surface area contributed by atoms with E-state index in [1.165, 1.54) is 30.8 Å². The summed E-state index contributed by atoms with van der Waals surface area (Å²) in [5, 5.41) is 0. The summed E-state index contributed by atoms with van der Waals surface area (Å²) in [6.07, 6.45) is -2.09. The lowest BCUT2D eigenvalue weighted by Crippen LogP contribution is -2.22. The maximum absolute atomic E-state index is 14.0. The van der Waals surface area contributed by atoms with Crippen LogP contribution in [-0.4, -0.2) is 6.26 Å². The Morgan fingerprint density at radius 1 is 1.00 bits per heavy atom. The van der Waals surface area contributed by atoms with Crippen LogP contribution in [0.15, 0.2) is 41.3 Å². The molecule has 0 fully saturated rings. The number of aryl methyl sites for hydroxylation is 1. The van der Waals surface area contributed by atoms with Crippen molar-refractivity contribution in [2.45, 2.75) is 17.9 Å². The van der Waals surface area contributed by atoms with Crippen LogP contribution in [0, 0.1) is 18.6 Å². The zero-order valence-corrected chi connectivity index (χ0v) is 12.1. The average Bonchev–Trinajstić information content (AvgIpc) is 2.43. The summed E-state index contributed by atoms with van der Waals surface area (Å²) >= 11 is 1.28. The molecule has 0 N–H and O–H groups in total. The molecule has 0 saturated carbocycles. The molecule has 1 nitrogen and oxygen atoms in total. The van der Waals surface area contributed by atoms with Gasteiger partial charge in [-0.05, 0) is 49.1 Å². The van der Waals surface area contributed by atoms with Gasteiger partial charge in [-0.25, -0.2) is 8.78 Å². The third-order valence-corrected chi connectivity index (χ3v) is 3.61. The minimum absolute atomic E-state index is 0.241. The fourth-order valence-corrected chi connectivity index (χ4v) is 2.09. The van der Waals surface area contributed by atoms with Gasteiger partial charge in [-0.3, -0.25) is 0 Å². The maximum atomic E-state index is 14.0. The zero-order chi connectivity index (χ0) is 15.6. The number of hydrogen-bond donors (Lipinski definition) is 0. The highest BCUT2D eigenvalue weighted by molar-refractivity contribution is 7.98. The van der Waals surface area contributed by atoms with Crippen LogP contribution < -0.4 is 4.74 Å². The van der Waals surface area contributed by atoms with Gasteiger partial charge in [-0.2, -0.15) is 8.78 Å². The first kappa shape index (κ1) is 15.7. The highest BCUT2D eigenvalue weighted by atomic mass is 32.2. The van der Waals surface area contributed by atoms with Crippen molar-refractivity contribution in [3.8, 4) is 5.75 Å². The van der Waals surface area contributed by atoms with E-state index in [4.69, 9.17) is 0 Å². The molecule has 0 atom stereocenters. The van der Waals surface area contributed by atoms with Crippen molar-refractivity contribution in [1.82, 2.24) is 0 Å². The van der Waals surface area contributed by atoms with Gasteiger partial charge in [0.25, 0.3) is 0 Å². The molecule has 2 rings (SSSR count). The van der Waals surface area contributed by atoms with Gasteiger partial charge in [-0.15, -0.1) is 11.8 Å². The molecule has 112 valence electrons. The average molecular weight is 316 g/mol. The zero-order valence-electron chi connectivity index (χ0n) is 11.3. The topological polar surface area (TPSA) is 9.23 Å². The summed E-state index contributed by atoms with van der Waals surface area (Å²) < 4.78 is 59.4. The Morgan fingerprint density at radius 2 is 1.71 bits per heavy atom. The van der Waals surface area contributed by atoms with Crippen molar-refractivity contribution in [2.75, 3.05) is 6.26 Å². The molecule has 0 unspecified atom stereocenters. The summed E-state index contributed by atoms with van der Waals surface area (Å²) in [6.45, 7) is 1.46. The molecule has 6 heteroatoms. The second kappa shape index (κ2) is 5.97. The van der Waals surface area contributed by atoms with Crippen LogP contribution in [-0.2, 0) is 6.11 Å². The fraction of sp³-hybridized carbons (Fsp3) is 0.200. The number of alkyl halides is 2. The first-order chi connectivity index (χ1) is 9.83. The van der Waals surface area contributed by atoms with Gasteiger partial charge in [-0.1, -0.05) is 6.07 Å². The van der Waals surface area contributed by atoms with Crippen molar-refractivity contribution in [1.29, 1.82) is 0 Å². The van der Waals surface area contributed by atoms with Gasteiger partial charge in [0.15, 0.2) is 11.6 Å². The second-order valence-corrected chi connectivity index (χ2v) is 5.26. The van der Waals surface area contributed by atoms with E-state index in [9.17, 15) is 17.6 Å². The molecule has 2 aromatic rings. The second-order valence-electron chi connectivity index (χ2n) is 4.38. The minimum Gasteiger partial charge on any atom is -0.426 e. The lowest BCUT2D eigenvalue weighted by Gasteiger charge is -2.19. The molecule has 2 aromatic carbocycles. The van der Waals surface area contributed by atoms with Crippen LogP contribution in [0.3, 0.4) is 0 Å². The van der Waals surface area contributed by atoms with Crippen molar-refractivity contribution < 1.29 is 22.3 Å². The number of rotatable bonds is 4. The Bertz CT molecular complexity index is 658. The van der Waals surface area contributed by atoms with Crippen LogP contribution in [0.25, 0.3) is 0 Å². The Morgan fingerprint density at radius 3 is 2.29 bits per heavy atom. The summed E-state index contributed by atoms with van der Waals surface area (Å²) in [6, 6.07) is 6.64. The van der Waals surface area contributed by atoms with Crippen molar-refractivity contribution in [3.63, 3.8) is 0 Å². The highest BCUT2D eigenvalue weighted by Gasteiger charge is 2.36. The number of benzene rings is 2. The van der Waals surface area contributed by atoms with E-state index in [-0.39, 0.29) is 5.56 Å². The lowest BCUT2D eigenvalue weighted by molar-refractivity contribution is -0.187. The lowest BCUT2D eigenvalue weighted by atomic mass is 10.1. The number of thioether (sulfide) groups is 1. The number of ether oxygens (including phenoxy) is 1. The van der Waals surface area contributed by atoms with Crippen LogP contribution in [0.2, 0.25) is 0 Å².